The Hall–Kier alpha value is -5.60. The van der Waals surface area contributed by atoms with Gasteiger partial charge in [0.15, 0.2) is 17.5 Å². The largest absolute Gasteiger partial charge is 0.456 e. The topological polar surface area (TPSA) is 75.6 Å². The van der Waals surface area contributed by atoms with Crippen molar-refractivity contribution in [3.8, 4) is 51.4 Å². The van der Waals surface area contributed by atoms with Crippen LogP contribution < -0.4 is 0 Å². The van der Waals surface area contributed by atoms with Gasteiger partial charge in [0.2, 0.25) is 0 Å². The number of rotatable bonds is 5. The Kier molecular flexibility index (Phi) is 6.36. The van der Waals surface area contributed by atoms with Crippen LogP contribution in [0, 0.1) is 29.1 Å². The molecule has 7 aromatic rings. The van der Waals surface area contributed by atoms with E-state index in [4.69, 9.17) is 19.4 Å². The zero-order chi connectivity index (χ0) is 32.5. The number of hydrogen-bond acceptors (Lipinski definition) is 5. The fourth-order valence-corrected chi connectivity index (χ4v) is 9.72. The van der Waals surface area contributed by atoms with Crippen LogP contribution in [0.15, 0.2) is 120 Å². The van der Waals surface area contributed by atoms with Crippen LogP contribution in [0.1, 0.15) is 49.7 Å². The molecule has 2 heterocycles. The number of nitriles is 1. The average molecular weight is 635 g/mol. The summed E-state index contributed by atoms with van der Waals surface area (Å²) in [4.78, 5) is 15.2. The van der Waals surface area contributed by atoms with Crippen molar-refractivity contribution in [2.24, 2.45) is 17.8 Å². The molecule has 0 saturated heterocycles. The third kappa shape index (κ3) is 4.77. The molecule has 5 nitrogen and oxygen atoms in total. The fraction of sp³-hybridized carbons (Fsp3) is 0.227. The smallest absolute Gasteiger partial charge is 0.164 e. The molecule has 4 bridgehead atoms. The van der Waals surface area contributed by atoms with Gasteiger partial charge in [-0.05, 0) is 109 Å². The van der Waals surface area contributed by atoms with Crippen molar-refractivity contribution in [3.05, 3.63) is 126 Å². The maximum absolute atomic E-state index is 9.39. The molecule has 0 unspecified atom stereocenters. The standard InChI is InChI=1S/C44H34N4O/c45-26-27-10-16-36-37-17-13-33(22-40(37)49-39(36)21-27)42-46-41(32-6-2-1-3-7-32)47-43(48-42)38-9-5-4-8-35(38)31-11-14-34(15-12-31)44-23-28-18-29(24-44)20-30(19-28)25-44/h1-17,21-22,28-30H,18-20,23-25H2/t28-,29-,30?,44?/m1/s1. The van der Waals surface area contributed by atoms with Crippen molar-refractivity contribution in [1.29, 1.82) is 5.26 Å². The summed E-state index contributed by atoms with van der Waals surface area (Å²) in [7, 11) is 0. The second kappa shape index (κ2) is 11.0. The predicted octanol–water partition coefficient (Wildman–Crippen LogP) is 10.8. The molecule has 0 aliphatic heterocycles. The zero-order valence-corrected chi connectivity index (χ0v) is 27.1. The van der Waals surface area contributed by atoms with Crippen LogP contribution in [-0.2, 0) is 5.41 Å². The lowest BCUT2D eigenvalue weighted by molar-refractivity contribution is -0.00518. The molecule has 4 aliphatic rings. The van der Waals surface area contributed by atoms with E-state index in [-0.39, 0.29) is 0 Å². The molecule has 0 amide bonds. The number of furan rings is 1. The zero-order valence-electron chi connectivity index (χ0n) is 27.1. The van der Waals surface area contributed by atoms with Gasteiger partial charge in [-0.2, -0.15) is 5.26 Å². The molecule has 0 radical (unpaired) electrons. The minimum Gasteiger partial charge on any atom is -0.456 e. The van der Waals surface area contributed by atoms with Crippen molar-refractivity contribution >= 4 is 21.9 Å². The summed E-state index contributed by atoms with van der Waals surface area (Å²) in [5.41, 5.74) is 8.92. The van der Waals surface area contributed by atoms with Gasteiger partial charge in [0.05, 0.1) is 11.6 Å². The third-order valence-electron chi connectivity index (χ3n) is 11.5. The molecule has 236 valence electrons. The molecule has 11 rings (SSSR count). The second-order valence-electron chi connectivity index (χ2n) is 14.6. The molecule has 5 aromatic carbocycles. The van der Waals surface area contributed by atoms with Crippen molar-refractivity contribution in [3.63, 3.8) is 0 Å². The van der Waals surface area contributed by atoms with Crippen molar-refractivity contribution in [1.82, 2.24) is 15.0 Å². The number of fused-ring (bicyclic) bond motifs is 3. The summed E-state index contributed by atoms with van der Waals surface area (Å²) >= 11 is 0. The van der Waals surface area contributed by atoms with Crippen LogP contribution >= 0.6 is 0 Å². The normalized spacial score (nSPS) is 22.5. The van der Waals surface area contributed by atoms with E-state index >= 15 is 0 Å². The lowest BCUT2D eigenvalue weighted by Crippen LogP contribution is -2.48. The molecule has 0 atom stereocenters. The second-order valence-corrected chi connectivity index (χ2v) is 14.6. The van der Waals surface area contributed by atoms with Crippen molar-refractivity contribution in [2.45, 2.75) is 43.9 Å². The Labute approximate surface area is 285 Å². The van der Waals surface area contributed by atoms with E-state index < -0.39 is 0 Å². The number of nitrogens with zero attached hydrogens (tertiary/aromatic N) is 4. The summed E-state index contributed by atoms with van der Waals surface area (Å²) < 4.78 is 6.23. The van der Waals surface area contributed by atoms with Gasteiger partial charge in [0, 0.05) is 27.5 Å². The highest BCUT2D eigenvalue weighted by Gasteiger charge is 2.51. The predicted molar refractivity (Wildman–Crippen MR) is 193 cm³/mol. The Morgan fingerprint density at radius 1 is 0.551 bits per heavy atom. The van der Waals surface area contributed by atoms with Crippen LogP contribution in [0.25, 0.3) is 67.2 Å². The highest BCUT2D eigenvalue weighted by atomic mass is 16.3. The Morgan fingerprint density at radius 2 is 1.12 bits per heavy atom. The van der Waals surface area contributed by atoms with E-state index in [1.165, 1.54) is 49.7 Å². The number of hydrogen-bond donors (Lipinski definition) is 0. The first-order chi connectivity index (χ1) is 24.1. The van der Waals surface area contributed by atoms with E-state index in [0.29, 0.717) is 34.0 Å². The van der Waals surface area contributed by atoms with Gasteiger partial charge in [0.25, 0.3) is 0 Å². The Morgan fingerprint density at radius 3 is 1.82 bits per heavy atom. The lowest BCUT2D eigenvalue weighted by Gasteiger charge is -2.57. The lowest BCUT2D eigenvalue weighted by atomic mass is 9.48. The monoisotopic (exact) mass is 634 g/mol. The SMILES string of the molecule is N#Cc1ccc2c(c1)oc1cc(-c3nc(-c4ccccc4)nc(-c4ccccc4-c4ccc(C56CC7C[C@H](C5)C[C@H](C7)C6)cc4)n3)ccc12. The minimum absolute atomic E-state index is 0.374. The molecule has 4 saturated carbocycles. The highest BCUT2D eigenvalue weighted by molar-refractivity contribution is 6.06. The third-order valence-corrected chi connectivity index (χ3v) is 11.5. The van der Waals surface area contributed by atoms with Crippen LogP contribution in [0.2, 0.25) is 0 Å². The van der Waals surface area contributed by atoms with Crippen LogP contribution in [0.3, 0.4) is 0 Å². The van der Waals surface area contributed by atoms with Gasteiger partial charge in [-0.1, -0.05) is 84.9 Å². The summed E-state index contributed by atoms with van der Waals surface area (Å²) in [5, 5.41) is 11.4. The summed E-state index contributed by atoms with van der Waals surface area (Å²) in [5.74, 6) is 4.60. The summed E-state index contributed by atoms with van der Waals surface area (Å²) in [6.07, 6.45) is 8.47. The van der Waals surface area contributed by atoms with Gasteiger partial charge in [0.1, 0.15) is 11.2 Å². The first kappa shape index (κ1) is 28.4. The molecule has 2 aromatic heterocycles. The van der Waals surface area contributed by atoms with Crippen LogP contribution in [-0.4, -0.2) is 15.0 Å². The molecular weight excluding hydrogens is 601 g/mol. The fourth-order valence-electron chi connectivity index (χ4n) is 9.72. The molecule has 5 heteroatoms. The number of benzene rings is 5. The molecule has 49 heavy (non-hydrogen) atoms. The Balaban J connectivity index is 1.07. The van der Waals surface area contributed by atoms with Gasteiger partial charge >= 0.3 is 0 Å². The first-order valence-corrected chi connectivity index (χ1v) is 17.5. The van der Waals surface area contributed by atoms with Crippen molar-refractivity contribution < 1.29 is 4.42 Å². The van der Waals surface area contributed by atoms with E-state index in [1.54, 1.807) is 6.07 Å². The van der Waals surface area contributed by atoms with E-state index in [0.717, 1.165) is 56.4 Å². The molecular formula is C44H34N4O. The van der Waals surface area contributed by atoms with Gasteiger partial charge in [-0.3, -0.25) is 0 Å². The minimum atomic E-state index is 0.374. The van der Waals surface area contributed by atoms with E-state index in [2.05, 4.69) is 54.6 Å². The maximum atomic E-state index is 9.39. The van der Waals surface area contributed by atoms with Crippen molar-refractivity contribution in [2.75, 3.05) is 0 Å². The van der Waals surface area contributed by atoms with Gasteiger partial charge < -0.3 is 4.42 Å². The maximum Gasteiger partial charge on any atom is 0.164 e. The molecule has 4 fully saturated rings. The van der Waals surface area contributed by atoms with Gasteiger partial charge in [-0.25, -0.2) is 15.0 Å². The first-order valence-electron chi connectivity index (χ1n) is 17.5. The van der Waals surface area contributed by atoms with E-state index in [1.807, 2.05) is 60.7 Å². The number of aromatic nitrogens is 3. The van der Waals surface area contributed by atoms with E-state index in [9.17, 15) is 5.26 Å². The summed E-state index contributed by atoms with van der Waals surface area (Å²) in [6.45, 7) is 0. The molecule has 4 aliphatic carbocycles. The Bertz CT molecular complexity index is 2400. The summed E-state index contributed by atoms with van der Waals surface area (Å²) in [6, 6.07) is 41.8. The van der Waals surface area contributed by atoms with Crippen LogP contribution in [0.4, 0.5) is 0 Å². The molecule has 0 N–H and O–H groups in total. The quantitative estimate of drug-likeness (QED) is 0.188. The van der Waals surface area contributed by atoms with Gasteiger partial charge in [-0.15, -0.1) is 0 Å². The molecule has 0 spiro atoms. The van der Waals surface area contributed by atoms with Crippen LogP contribution in [0.5, 0.6) is 0 Å². The highest BCUT2D eigenvalue weighted by Crippen LogP contribution is 2.60. The average Bonchev–Trinajstić information content (AvgIpc) is 3.51.